The zero-order valence-electron chi connectivity index (χ0n) is 15.8. The van der Waals surface area contributed by atoms with Crippen molar-refractivity contribution in [2.75, 3.05) is 13.1 Å². The summed E-state index contributed by atoms with van der Waals surface area (Å²) in [6.07, 6.45) is 6.93. The smallest absolute Gasteiger partial charge is 0.269 e. The van der Waals surface area contributed by atoms with Crippen molar-refractivity contribution in [3.8, 4) is 0 Å². The maximum Gasteiger partial charge on any atom is 0.269 e. The Morgan fingerprint density at radius 1 is 1.04 bits per heavy atom. The predicted octanol–water partition coefficient (Wildman–Crippen LogP) is 3.91. The van der Waals surface area contributed by atoms with Crippen LogP contribution in [0, 0.1) is 10.1 Å². The number of non-ortho nitro benzene ring substituents is 1. The Morgan fingerprint density at radius 3 is 2.39 bits per heavy atom. The second kappa shape index (κ2) is 9.80. The molecule has 2 aromatic rings. The van der Waals surface area contributed by atoms with Crippen molar-refractivity contribution in [3.05, 3.63) is 81.4 Å². The van der Waals surface area contributed by atoms with Gasteiger partial charge in [0, 0.05) is 31.3 Å². The van der Waals surface area contributed by atoms with E-state index < -0.39 is 4.92 Å². The van der Waals surface area contributed by atoms with E-state index in [1.165, 1.54) is 43.0 Å². The molecule has 0 saturated carbocycles. The van der Waals surface area contributed by atoms with E-state index in [1.807, 2.05) is 12.1 Å². The van der Waals surface area contributed by atoms with Crippen molar-refractivity contribution in [1.82, 2.24) is 10.2 Å². The van der Waals surface area contributed by atoms with Gasteiger partial charge in [-0.2, -0.15) is 0 Å². The number of amides is 1. The van der Waals surface area contributed by atoms with E-state index in [9.17, 15) is 14.9 Å². The standard InChI is InChI=1S/C22H25N3O3/c26-22(13-10-18-8-11-21(12-9-18)25(27)28)23-16-19-6-2-3-7-20(19)17-24-14-4-1-5-15-24/h2-3,6-13H,1,4-5,14-17H2,(H,23,26)/b13-10+. The number of benzene rings is 2. The van der Waals surface area contributed by atoms with Gasteiger partial charge in [-0.25, -0.2) is 0 Å². The van der Waals surface area contributed by atoms with Gasteiger partial charge in [0.1, 0.15) is 0 Å². The number of carbonyl (C=O) groups excluding carboxylic acids is 1. The van der Waals surface area contributed by atoms with Gasteiger partial charge in [-0.1, -0.05) is 30.7 Å². The van der Waals surface area contributed by atoms with Crippen molar-refractivity contribution in [3.63, 3.8) is 0 Å². The van der Waals surface area contributed by atoms with Gasteiger partial charge >= 0.3 is 0 Å². The fourth-order valence-corrected chi connectivity index (χ4v) is 3.36. The van der Waals surface area contributed by atoms with Gasteiger partial charge in [0.25, 0.3) is 5.69 Å². The van der Waals surface area contributed by atoms with Crippen molar-refractivity contribution in [1.29, 1.82) is 0 Å². The molecule has 1 saturated heterocycles. The molecule has 1 heterocycles. The molecule has 1 amide bonds. The van der Waals surface area contributed by atoms with Crippen molar-refractivity contribution in [2.45, 2.75) is 32.4 Å². The summed E-state index contributed by atoms with van der Waals surface area (Å²) >= 11 is 0. The van der Waals surface area contributed by atoms with Crippen LogP contribution in [-0.4, -0.2) is 28.8 Å². The molecule has 0 aliphatic carbocycles. The van der Waals surface area contributed by atoms with Gasteiger partial charge in [0.15, 0.2) is 0 Å². The lowest BCUT2D eigenvalue weighted by atomic mass is 10.0. The molecule has 0 radical (unpaired) electrons. The minimum atomic E-state index is -0.443. The molecule has 28 heavy (non-hydrogen) atoms. The third-order valence-electron chi connectivity index (χ3n) is 4.95. The van der Waals surface area contributed by atoms with E-state index in [4.69, 9.17) is 0 Å². The Hall–Kier alpha value is -2.99. The van der Waals surface area contributed by atoms with Crippen LogP contribution in [0.4, 0.5) is 5.69 Å². The van der Waals surface area contributed by atoms with Crippen molar-refractivity contribution >= 4 is 17.7 Å². The predicted molar refractivity (Wildman–Crippen MR) is 110 cm³/mol. The highest BCUT2D eigenvalue weighted by Crippen LogP contribution is 2.16. The topological polar surface area (TPSA) is 75.5 Å². The fourth-order valence-electron chi connectivity index (χ4n) is 3.36. The van der Waals surface area contributed by atoms with E-state index >= 15 is 0 Å². The van der Waals surface area contributed by atoms with E-state index in [2.05, 4.69) is 22.3 Å². The zero-order valence-corrected chi connectivity index (χ0v) is 15.8. The molecule has 0 unspecified atom stereocenters. The lowest BCUT2D eigenvalue weighted by molar-refractivity contribution is -0.384. The maximum atomic E-state index is 12.1. The highest BCUT2D eigenvalue weighted by molar-refractivity contribution is 5.91. The van der Waals surface area contributed by atoms with Crippen LogP contribution in [0.1, 0.15) is 36.0 Å². The number of piperidine rings is 1. The van der Waals surface area contributed by atoms with Crippen LogP contribution < -0.4 is 5.32 Å². The molecular formula is C22H25N3O3. The summed E-state index contributed by atoms with van der Waals surface area (Å²) < 4.78 is 0. The molecule has 1 aliphatic rings. The average molecular weight is 379 g/mol. The van der Waals surface area contributed by atoms with Crippen LogP contribution in [0.15, 0.2) is 54.6 Å². The number of nitro groups is 1. The molecule has 1 aliphatic heterocycles. The molecule has 1 N–H and O–H groups in total. The van der Waals surface area contributed by atoms with Gasteiger partial charge in [0.05, 0.1) is 4.92 Å². The van der Waals surface area contributed by atoms with Gasteiger partial charge in [-0.15, -0.1) is 0 Å². The first-order chi connectivity index (χ1) is 13.6. The molecule has 0 atom stereocenters. The molecule has 146 valence electrons. The zero-order chi connectivity index (χ0) is 19.8. The number of hydrogen-bond acceptors (Lipinski definition) is 4. The Labute approximate surface area is 165 Å². The van der Waals surface area contributed by atoms with Gasteiger partial charge < -0.3 is 5.32 Å². The molecule has 0 spiro atoms. The minimum absolute atomic E-state index is 0.0342. The average Bonchev–Trinajstić information content (AvgIpc) is 2.72. The maximum absolute atomic E-state index is 12.1. The summed E-state index contributed by atoms with van der Waals surface area (Å²) in [5.74, 6) is -0.189. The van der Waals surface area contributed by atoms with Crippen LogP contribution in [0.3, 0.4) is 0 Å². The molecular weight excluding hydrogens is 354 g/mol. The molecule has 0 bridgehead atoms. The molecule has 2 aromatic carbocycles. The van der Waals surface area contributed by atoms with Gasteiger partial charge in [-0.3, -0.25) is 19.8 Å². The summed E-state index contributed by atoms with van der Waals surface area (Å²) in [5, 5.41) is 13.6. The number of hydrogen-bond donors (Lipinski definition) is 1. The lowest BCUT2D eigenvalue weighted by Gasteiger charge is -2.27. The van der Waals surface area contributed by atoms with Crippen LogP contribution in [-0.2, 0) is 17.9 Å². The highest BCUT2D eigenvalue weighted by Gasteiger charge is 2.12. The van der Waals surface area contributed by atoms with Crippen molar-refractivity contribution < 1.29 is 9.72 Å². The van der Waals surface area contributed by atoms with E-state index in [-0.39, 0.29) is 11.6 Å². The number of nitro benzene ring substituents is 1. The second-order valence-electron chi connectivity index (χ2n) is 7.01. The summed E-state index contributed by atoms with van der Waals surface area (Å²) in [6.45, 7) is 3.68. The van der Waals surface area contributed by atoms with Gasteiger partial charge in [0.2, 0.25) is 5.91 Å². The Bertz CT molecular complexity index is 840. The van der Waals surface area contributed by atoms with E-state index in [0.717, 1.165) is 30.8 Å². The fraction of sp³-hybridized carbons (Fsp3) is 0.318. The Morgan fingerprint density at radius 2 is 1.71 bits per heavy atom. The highest BCUT2D eigenvalue weighted by atomic mass is 16.6. The number of nitrogens with one attached hydrogen (secondary N) is 1. The van der Waals surface area contributed by atoms with Gasteiger partial charge in [-0.05, 0) is 60.8 Å². The number of likely N-dealkylation sites (tertiary alicyclic amines) is 1. The first kappa shape index (κ1) is 19.8. The van der Waals surface area contributed by atoms with Crippen LogP contribution in [0.2, 0.25) is 0 Å². The monoisotopic (exact) mass is 379 g/mol. The summed E-state index contributed by atoms with van der Waals surface area (Å²) in [4.78, 5) is 24.8. The van der Waals surface area contributed by atoms with Crippen molar-refractivity contribution in [2.24, 2.45) is 0 Å². The molecule has 1 fully saturated rings. The third kappa shape index (κ3) is 5.76. The van der Waals surface area contributed by atoms with Crippen LogP contribution in [0.25, 0.3) is 6.08 Å². The Kier molecular flexibility index (Phi) is 6.92. The summed E-state index contributed by atoms with van der Waals surface area (Å²) in [5.41, 5.74) is 3.16. The lowest BCUT2D eigenvalue weighted by Crippen LogP contribution is -2.30. The quantitative estimate of drug-likeness (QED) is 0.450. The first-order valence-corrected chi connectivity index (χ1v) is 9.61. The van der Waals surface area contributed by atoms with Crippen LogP contribution >= 0.6 is 0 Å². The molecule has 3 rings (SSSR count). The molecule has 6 nitrogen and oxygen atoms in total. The van der Waals surface area contributed by atoms with E-state index in [0.29, 0.717) is 6.54 Å². The number of nitrogens with zero attached hydrogens (tertiary/aromatic N) is 2. The Balaban J connectivity index is 1.54. The first-order valence-electron chi connectivity index (χ1n) is 9.61. The molecule has 0 aromatic heterocycles. The number of rotatable bonds is 7. The summed E-state index contributed by atoms with van der Waals surface area (Å²) in [7, 11) is 0. The third-order valence-corrected chi connectivity index (χ3v) is 4.95. The van der Waals surface area contributed by atoms with E-state index in [1.54, 1.807) is 18.2 Å². The second-order valence-corrected chi connectivity index (χ2v) is 7.01. The minimum Gasteiger partial charge on any atom is -0.348 e. The van der Waals surface area contributed by atoms with Crippen LogP contribution in [0.5, 0.6) is 0 Å². The molecule has 6 heteroatoms. The normalized spacial score (nSPS) is 14.9. The summed E-state index contributed by atoms with van der Waals surface area (Å²) in [6, 6.07) is 14.3. The largest absolute Gasteiger partial charge is 0.348 e. The number of carbonyl (C=O) groups is 1. The SMILES string of the molecule is O=C(/C=C/c1ccc([N+](=O)[O-])cc1)NCc1ccccc1CN1CCCCC1.